The first-order chi connectivity index (χ1) is 20.5. The number of amides is 1. The molecule has 8 nitrogen and oxygen atoms in total. The summed E-state index contributed by atoms with van der Waals surface area (Å²) in [4.78, 5) is 20.0. The summed E-state index contributed by atoms with van der Waals surface area (Å²) in [5, 5.41) is 9.41. The molecule has 42 heavy (non-hydrogen) atoms. The lowest BCUT2D eigenvalue weighted by molar-refractivity contribution is -0.117. The predicted molar refractivity (Wildman–Crippen MR) is 170 cm³/mol. The average Bonchev–Trinajstić information content (AvgIpc) is 3.40. The summed E-state index contributed by atoms with van der Waals surface area (Å²) >= 11 is 0. The van der Waals surface area contributed by atoms with Gasteiger partial charge in [0.05, 0.1) is 30.8 Å². The number of ether oxygens (including phenoxy) is 2. The van der Waals surface area contributed by atoms with Gasteiger partial charge in [0.15, 0.2) is 11.5 Å². The number of aromatic nitrogens is 2. The number of benzene rings is 3. The van der Waals surface area contributed by atoms with Gasteiger partial charge in [0.25, 0.3) is 0 Å². The molecule has 0 bridgehead atoms. The summed E-state index contributed by atoms with van der Waals surface area (Å²) in [5.41, 5.74) is 13.8. The number of H-pyrrole nitrogens is 1. The van der Waals surface area contributed by atoms with Crippen LogP contribution < -0.4 is 25.8 Å². The van der Waals surface area contributed by atoms with Crippen molar-refractivity contribution in [2.45, 2.75) is 46.6 Å². The topological polar surface area (TPSA) is 114 Å². The second-order valence-electron chi connectivity index (χ2n) is 10.2. The van der Waals surface area contributed by atoms with E-state index in [1.165, 1.54) is 27.6 Å². The standard InChI is InChI=1S/C34H39N5O3/c1-4-25-22(19-36-15-14-23-20-37-28-12-8-7-11-26(23)28)10-9-13-29(25)39-34-24(16-33(35)40)21-38-30-18-32(42-6-3)31(41-5-2)17-27(30)34/h7-13,17-18,20-21,36-37H,4-6,14-16,19H2,1-3H3,(H2,35,40)(H,38,39). The van der Waals surface area contributed by atoms with Crippen molar-refractivity contribution in [2.75, 3.05) is 25.1 Å². The number of rotatable bonds is 14. The number of primary amides is 1. The van der Waals surface area contributed by atoms with E-state index in [9.17, 15) is 4.79 Å². The Morgan fingerprint density at radius 1 is 0.929 bits per heavy atom. The van der Waals surface area contributed by atoms with Crippen LogP contribution >= 0.6 is 0 Å². The van der Waals surface area contributed by atoms with Crippen LogP contribution in [0.1, 0.15) is 43.0 Å². The van der Waals surface area contributed by atoms with E-state index < -0.39 is 5.91 Å². The van der Waals surface area contributed by atoms with Crippen LogP contribution in [-0.4, -0.2) is 35.6 Å². The SMILES string of the molecule is CCOc1cc2ncc(CC(N)=O)c(Nc3cccc(CNCCc4c[nH]c5ccccc45)c3CC)c2cc1OCC. The number of anilines is 2. The van der Waals surface area contributed by atoms with Gasteiger partial charge in [-0.05, 0) is 68.1 Å². The van der Waals surface area contributed by atoms with Crippen molar-refractivity contribution in [3.05, 3.63) is 89.2 Å². The second kappa shape index (κ2) is 13.4. The van der Waals surface area contributed by atoms with Crippen molar-refractivity contribution in [2.24, 2.45) is 5.73 Å². The Morgan fingerprint density at radius 2 is 1.71 bits per heavy atom. The van der Waals surface area contributed by atoms with Gasteiger partial charge in [-0.1, -0.05) is 37.3 Å². The fourth-order valence-electron chi connectivity index (χ4n) is 5.50. The van der Waals surface area contributed by atoms with Crippen LogP contribution in [0.15, 0.2) is 67.0 Å². The van der Waals surface area contributed by atoms with Gasteiger partial charge in [0, 0.05) is 52.5 Å². The Hall–Kier alpha value is -4.56. The van der Waals surface area contributed by atoms with E-state index in [1.54, 1.807) is 6.20 Å². The molecule has 2 heterocycles. The first kappa shape index (κ1) is 29.0. The van der Waals surface area contributed by atoms with Gasteiger partial charge in [-0.15, -0.1) is 0 Å². The molecule has 5 N–H and O–H groups in total. The number of aromatic amines is 1. The van der Waals surface area contributed by atoms with Gasteiger partial charge in [0.2, 0.25) is 5.91 Å². The Balaban J connectivity index is 1.42. The number of fused-ring (bicyclic) bond motifs is 2. The van der Waals surface area contributed by atoms with Gasteiger partial charge >= 0.3 is 0 Å². The molecule has 2 aromatic heterocycles. The fourth-order valence-corrected chi connectivity index (χ4v) is 5.50. The van der Waals surface area contributed by atoms with E-state index >= 15 is 0 Å². The maximum atomic E-state index is 12.0. The number of nitrogens with two attached hydrogens (primary N) is 1. The molecule has 0 aliphatic rings. The summed E-state index contributed by atoms with van der Waals surface area (Å²) in [6.07, 6.45) is 5.67. The van der Waals surface area contributed by atoms with E-state index in [-0.39, 0.29) is 6.42 Å². The Morgan fingerprint density at radius 3 is 2.48 bits per heavy atom. The van der Waals surface area contributed by atoms with Gasteiger partial charge in [-0.25, -0.2) is 0 Å². The van der Waals surface area contributed by atoms with Crippen molar-refractivity contribution in [1.29, 1.82) is 0 Å². The molecule has 0 aliphatic heterocycles. The Kier molecular flexibility index (Phi) is 9.24. The van der Waals surface area contributed by atoms with Gasteiger partial charge in [-0.2, -0.15) is 0 Å². The number of nitrogens with zero attached hydrogens (tertiary/aromatic N) is 1. The zero-order valence-electron chi connectivity index (χ0n) is 24.5. The van der Waals surface area contributed by atoms with Crippen molar-refractivity contribution in [1.82, 2.24) is 15.3 Å². The molecule has 8 heteroatoms. The molecule has 5 rings (SSSR count). The summed E-state index contributed by atoms with van der Waals surface area (Å²) in [6, 6.07) is 18.5. The van der Waals surface area contributed by atoms with Crippen molar-refractivity contribution in [3.63, 3.8) is 0 Å². The monoisotopic (exact) mass is 565 g/mol. The number of hydrogen-bond acceptors (Lipinski definition) is 6. The van der Waals surface area contributed by atoms with Crippen molar-refractivity contribution in [3.8, 4) is 11.5 Å². The summed E-state index contributed by atoms with van der Waals surface area (Å²) in [7, 11) is 0. The highest BCUT2D eigenvalue weighted by Gasteiger charge is 2.17. The van der Waals surface area contributed by atoms with Crippen LogP contribution in [0, 0.1) is 0 Å². The molecular weight excluding hydrogens is 526 g/mol. The number of carbonyl (C=O) groups is 1. The molecule has 218 valence electrons. The molecule has 0 fully saturated rings. The fraction of sp³-hybridized carbons (Fsp3) is 0.294. The van der Waals surface area contributed by atoms with Crippen LogP contribution in [0.25, 0.3) is 21.8 Å². The average molecular weight is 566 g/mol. The Labute approximate surface area is 246 Å². The zero-order valence-corrected chi connectivity index (χ0v) is 24.5. The van der Waals surface area contributed by atoms with E-state index in [1.807, 2.05) is 26.0 Å². The van der Waals surface area contributed by atoms with E-state index in [0.717, 1.165) is 53.8 Å². The lowest BCUT2D eigenvalue weighted by atomic mass is 10.0. The molecule has 0 saturated carbocycles. The van der Waals surface area contributed by atoms with Crippen LogP contribution in [0.3, 0.4) is 0 Å². The maximum absolute atomic E-state index is 12.0. The lowest BCUT2D eigenvalue weighted by Crippen LogP contribution is -2.18. The molecule has 1 amide bonds. The van der Waals surface area contributed by atoms with Crippen LogP contribution in [0.2, 0.25) is 0 Å². The van der Waals surface area contributed by atoms with Crippen LogP contribution in [0.4, 0.5) is 11.4 Å². The molecule has 0 spiro atoms. The molecule has 0 radical (unpaired) electrons. The molecule has 0 aliphatic carbocycles. The number of nitrogens with one attached hydrogen (secondary N) is 3. The van der Waals surface area contributed by atoms with E-state index in [0.29, 0.717) is 24.7 Å². The molecular formula is C34H39N5O3. The van der Waals surface area contributed by atoms with Crippen LogP contribution in [-0.2, 0) is 30.6 Å². The van der Waals surface area contributed by atoms with Gasteiger partial charge in [-0.3, -0.25) is 9.78 Å². The highest BCUT2D eigenvalue weighted by Crippen LogP contribution is 2.38. The van der Waals surface area contributed by atoms with Crippen LogP contribution in [0.5, 0.6) is 11.5 Å². The normalized spacial score (nSPS) is 11.2. The van der Waals surface area contributed by atoms with Gasteiger partial charge < -0.3 is 30.8 Å². The summed E-state index contributed by atoms with van der Waals surface area (Å²) in [5.74, 6) is 0.860. The third-order valence-corrected chi connectivity index (χ3v) is 7.42. The number of carbonyl (C=O) groups excluding carboxylic acids is 1. The third kappa shape index (κ3) is 6.34. The maximum Gasteiger partial charge on any atom is 0.221 e. The quantitative estimate of drug-likeness (QED) is 0.120. The smallest absolute Gasteiger partial charge is 0.221 e. The molecule has 0 saturated heterocycles. The highest BCUT2D eigenvalue weighted by atomic mass is 16.5. The molecule has 3 aromatic carbocycles. The van der Waals surface area contributed by atoms with E-state index in [4.69, 9.17) is 15.2 Å². The zero-order chi connectivity index (χ0) is 29.5. The minimum Gasteiger partial charge on any atom is -0.490 e. The van der Waals surface area contributed by atoms with Gasteiger partial charge in [0.1, 0.15) is 0 Å². The summed E-state index contributed by atoms with van der Waals surface area (Å²) in [6.45, 7) is 8.66. The number of para-hydroxylation sites is 1. The van der Waals surface area contributed by atoms with Crippen molar-refractivity contribution < 1.29 is 14.3 Å². The Bertz CT molecular complexity index is 1690. The highest BCUT2D eigenvalue weighted by molar-refractivity contribution is 5.98. The minimum atomic E-state index is -0.418. The lowest BCUT2D eigenvalue weighted by Gasteiger charge is -2.20. The molecule has 0 atom stereocenters. The summed E-state index contributed by atoms with van der Waals surface area (Å²) < 4.78 is 11.7. The minimum absolute atomic E-state index is 0.0684. The first-order valence-electron chi connectivity index (χ1n) is 14.6. The number of hydrogen-bond donors (Lipinski definition) is 4. The van der Waals surface area contributed by atoms with Crippen molar-refractivity contribution >= 4 is 39.1 Å². The third-order valence-electron chi connectivity index (χ3n) is 7.42. The van der Waals surface area contributed by atoms with E-state index in [2.05, 4.69) is 76.2 Å². The predicted octanol–water partition coefficient (Wildman–Crippen LogP) is 6.18. The molecule has 0 unspecified atom stereocenters. The second-order valence-corrected chi connectivity index (χ2v) is 10.2. The largest absolute Gasteiger partial charge is 0.490 e. The molecule has 5 aromatic rings. The number of pyridine rings is 1. The first-order valence-corrected chi connectivity index (χ1v) is 14.6.